The van der Waals surface area contributed by atoms with Gasteiger partial charge in [-0.25, -0.2) is 0 Å². The van der Waals surface area contributed by atoms with Gasteiger partial charge in [0.2, 0.25) is 0 Å². The van der Waals surface area contributed by atoms with Gasteiger partial charge in [-0.2, -0.15) is 0 Å². The second kappa shape index (κ2) is 6.80. The molecule has 21 heavy (non-hydrogen) atoms. The second-order valence-electron chi connectivity index (χ2n) is 7.01. The molecular weight excluding hydrogens is 260 g/mol. The van der Waals surface area contributed by atoms with Crippen molar-refractivity contribution in [2.45, 2.75) is 46.6 Å². The second-order valence-corrected chi connectivity index (χ2v) is 7.01. The normalized spacial score (nSPS) is 17.0. The summed E-state index contributed by atoms with van der Waals surface area (Å²) in [6, 6.07) is 4.58. The molecule has 118 valence electrons. The van der Waals surface area contributed by atoms with Gasteiger partial charge in [0.1, 0.15) is 5.75 Å². The molecule has 0 aliphatic carbocycles. The molecule has 0 radical (unpaired) electrons. The minimum absolute atomic E-state index is 0.106. The lowest BCUT2D eigenvalue weighted by atomic mass is 9.84. The third kappa shape index (κ3) is 4.21. The number of ether oxygens (including phenoxy) is 1. The van der Waals surface area contributed by atoms with Crippen LogP contribution in [0.2, 0.25) is 0 Å². The molecule has 1 N–H and O–H groups in total. The van der Waals surface area contributed by atoms with Crippen LogP contribution in [0.25, 0.3) is 0 Å². The van der Waals surface area contributed by atoms with Gasteiger partial charge in [-0.05, 0) is 19.3 Å². The highest BCUT2D eigenvalue weighted by atomic mass is 16.5. The van der Waals surface area contributed by atoms with Crippen LogP contribution >= 0.6 is 0 Å². The van der Waals surface area contributed by atoms with Crippen LogP contribution in [0.15, 0.2) is 12.1 Å². The largest absolute Gasteiger partial charge is 0.493 e. The number of nitrogens with one attached hydrogen (secondary N) is 1. The average molecular weight is 290 g/mol. The van der Waals surface area contributed by atoms with Crippen molar-refractivity contribution in [3.05, 3.63) is 28.8 Å². The molecule has 0 saturated carbocycles. The Bertz CT molecular complexity index is 471. The summed E-state index contributed by atoms with van der Waals surface area (Å²) in [4.78, 5) is 2.51. The van der Waals surface area contributed by atoms with Crippen LogP contribution in [0, 0.1) is 6.92 Å². The number of piperazine rings is 1. The van der Waals surface area contributed by atoms with Crippen molar-refractivity contribution in [3.8, 4) is 5.75 Å². The van der Waals surface area contributed by atoms with E-state index >= 15 is 0 Å². The van der Waals surface area contributed by atoms with E-state index in [1.54, 1.807) is 0 Å². The highest BCUT2D eigenvalue weighted by Crippen LogP contribution is 2.36. The summed E-state index contributed by atoms with van der Waals surface area (Å²) in [5, 5.41) is 3.41. The first kappa shape index (κ1) is 16.3. The number of hydrogen-bond acceptors (Lipinski definition) is 3. The predicted molar refractivity (Wildman–Crippen MR) is 89.2 cm³/mol. The van der Waals surface area contributed by atoms with Crippen molar-refractivity contribution < 1.29 is 4.74 Å². The monoisotopic (exact) mass is 290 g/mol. The molecule has 1 aromatic carbocycles. The fourth-order valence-electron chi connectivity index (χ4n) is 2.95. The molecular formula is C18H30N2O. The van der Waals surface area contributed by atoms with Crippen LogP contribution in [0.3, 0.4) is 0 Å². The van der Waals surface area contributed by atoms with Crippen molar-refractivity contribution >= 4 is 0 Å². The van der Waals surface area contributed by atoms with Crippen LogP contribution in [-0.4, -0.2) is 37.7 Å². The quantitative estimate of drug-likeness (QED) is 0.922. The van der Waals surface area contributed by atoms with Gasteiger partial charge in [-0.15, -0.1) is 0 Å². The van der Waals surface area contributed by atoms with Crippen LogP contribution in [0.4, 0.5) is 0 Å². The van der Waals surface area contributed by atoms with Crippen LogP contribution in [0.5, 0.6) is 5.75 Å². The fraction of sp³-hybridized carbons (Fsp3) is 0.667. The number of hydrogen-bond donors (Lipinski definition) is 1. The molecule has 0 bridgehead atoms. The first-order valence-electron chi connectivity index (χ1n) is 8.11. The molecule has 1 aliphatic heterocycles. The van der Waals surface area contributed by atoms with E-state index < -0.39 is 0 Å². The van der Waals surface area contributed by atoms with E-state index in [0.29, 0.717) is 0 Å². The Balaban J connectivity index is 2.35. The number of nitrogens with zero attached hydrogens (tertiary/aromatic N) is 1. The van der Waals surface area contributed by atoms with E-state index in [1.165, 1.54) is 16.7 Å². The zero-order valence-corrected chi connectivity index (χ0v) is 14.3. The molecule has 0 spiro atoms. The van der Waals surface area contributed by atoms with E-state index in [2.05, 4.69) is 57.0 Å². The Hall–Kier alpha value is -1.06. The molecule has 0 amide bonds. The van der Waals surface area contributed by atoms with Crippen LogP contribution < -0.4 is 10.1 Å². The zero-order chi connectivity index (χ0) is 15.5. The van der Waals surface area contributed by atoms with Gasteiger partial charge < -0.3 is 10.1 Å². The molecule has 2 rings (SSSR count). The van der Waals surface area contributed by atoms with E-state index in [0.717, 1.165) is 45.1 Å². The Kier molecular flexibility index (Phi) is 5.28. The minimum Gasteiger partial charge on any atom is -0.493 e. The minimum atomic E-state index is 0.106. The number of aryl methyl sites for hydroxylation is 1. The molecule has 1 aliphatic rings. The van der Waals surface area contributed by atoms with Gasteiger partial charge in [0, 0.05) is 43.9 Å². The molecule has 1 fully saturated rings. The summed E-state index contributed by atoms with van der Waals surface area (Å²) in [5.74, 6) is 1.11. The average Bonchev–Trinajstić information content (AvgIpc) is 2.41. The third-order valence-corrected chi connectivity index (χ3v) is 4.01. The topological polar surface area (TPSA) is 24.5 Å². The van der Waals surface area contributed by atoms with E-state index in [9.17, 15) is 0 Å². The highest BCUT2D eigenvalue weighted by molar-refractivity contribution is 5.48. The summed E-state index contributed by atoms with van der Waals surface area (Å²) in [6.45, 7) is 17.2. The van der Waals surface area contributed by atoms with Gasteiger partial charge in [-0.1, -0.05) is 38.5 Å². The Morgan fingerprint density at radius 1 is 1.19 bits per heavy atom. The first-order chi connectivity index (χ1) is 9.91. The maximum atomic E-state index is 6.05. The summed E-state index contributed by atoms with van der Waals surface area (Å²) >= 11 is 0. The van der Waals surface area contributed by atoms with Gasteiger partial charge in [0.05, 0.1) is 6.61 Å². The zero-order valence-electron chi connectivity index (χ0n) is 14.3. The summed E-state index contributed by atoms with van der Waals surface area (Å²) in [5.41, 5.74) is 4.10. The van der Waals surface area contributed by atoms with E-state index in [4.69, 9.17) is 4.74 Å². The Morgan fingerprint density at radius 3 is 2.43 bits per heavy atom. The molecule has 1 heterocycles. The van der Waals surface area contributed by atoms with Gasteiger partial charge in [0.25, 0.3) is 0 Å². The Labute approximate surface area is 129 Å². The lowest BCUT2D eigenvalue weighted by Gasteiger charge is -2.30. The molecule has 1 saturated heterocycles. The molecule has 1 aromatic rings. The van der Waals surface area contributed by atoms with Gasteiger partial charge in [0.15, 0.2) is 0 Å². The van der Waals surface area contributed by atoms with E-state index in [-0.39, 0.29) is 5.41 Å². The van der Waals surface area contributed by atoms with Crippen molar-refractivity contribution in [2.24, 2.45) is 0 Å². The van der Waals surface area contributed by atoms with Crippen LogP contribution in [-0.2, 0) is 12.0 Å². The molecule has 3 nitrogen and oxygen atoms in total. The lowest BCUT2D eigenvalue weighted by Crippen LogP contribution is -2.43. The maximum absolute atomic E-state index is 6.05. The first-order valence-corrected chi connectivity index (χ1v) is 8.11. The predicted octanol–water partition coefficient (Wildman–Crippen LogP) is 3.10. The summed E-state index contributed by atoms with van der Waals surface area (Å²) < 4.78 is 6.05. The SMILES string of the molecule is CCOc1c(CN2CCNCC2)cc(C)cc1C(C)(C)C. The highest BCUT2D eigenvalue weighted by Gasteiger charge is 2.23. The number of benzene rings is 1. The summed E-state index contributed by atoms with van der Waals surface area (Å²) in [7, 11) is 0. The van der Waals surface area contributed by atoms with Gasteiger partial charge >= 0.3 is 0 Å². The van der Waals surface area contributed by atoms with Crippen molar-refractivity contribution in [2.75, 3.05) is 32.8 Å². The molecule has 0 atom stereocenters. The third-order valence-electron chi connectivity index (χ3n) is 4.01. The van der Waals surface area contributed by atoms with Crippen molar-refractivity contribution in [1.82, 2.24) is 10.2 Å². The fourth-order valence-corrected chi connectivity index (χ4v) is 2.95. The van der Waals surface area contributed by atoms with Crippen molar-refractivity contribution in [1.29, 1.82) is 0 Å². The summed E-state index contributed by atoms with van der Waals surface area (Å²) in [6.07, 6.45) is 0. The van der Waals surface area contributed by atoms with Gasteiger partial charge in [-0.3, -0.25) is 4.90 Å². The lowest BCUT2D eigenvalue weighted by molar-refractivity contribution is 0.227. The van der Waals surface area contributed by atoms with E-state index in [1.807, 2.05) is 0 Å². The molecule has 0 aromatic heterocycles. The smallest absolute Gasteiger partial charge is 0.127 e. The molecule has 3 heteroatoms. The van der Waals surface area contributed by atoms with Crippen LogP contribution in [0.1, 0.15) is 44.4 Å². The maximum Gasteiger partial charge on any atom is 0.127 e. The number of rotatable bonds is 4. The Morgan fingerprint density at radius 2 is 1.86 bits per heavy atom. The standard InChI is InChI=1S/C18H30N2O/c1-6-21-17-15(13-20-9-7-19-8-10-20)11-14(2)12-16(17)18(3,4)5/h11-12,19H,6-10,13H2,1-5H3. The molecule has 0 unspecified atom stereocenters. The van der Waals surface area contributed by atoms with Crippen molar-refractivity contribution in [3.63, 3.8) is 0 Å².